The van der Waals surface area contributed by atoms with Crippen molar-refractivity contribution in [3.05, 3.63) is 76.3 Å². The molecular weight excluding hydrogens is 408 g/mol. The maximum Gasteiger partial charge on any atom is 0.329 e. The van der Waals surface area contributed by atoms with Crippen molar-refractivity contribution in [1.29, 1.82) is 0 Å². The van der Waals surface area contributed by atoms with Gasteiger partial charge in [-0.2, -0.15) is 0 Å². The number of esters is 1. The zero-order valence-electron chi connectivity index (χ0n) is 16.1. The molecule has 1 atom stereocenters. The molecule has 0 radical (unpaired) electrons. The third kappa shape index (κ3) is 5.43. The molecule has 1 heterocycles. The van der Waals surface area contributed by atoms with Crippen molar-refractivity contribution >= 4 is 34.8 Å². The summed E-state index contributed by atoms with van der Waals surface area (Å²) >= 11 is 7.56. The number of carbonyl (C=O) groups is 2. The van der Waals surface area contributed by atoms with Crippen molar-refractivity contribution in [1.82, 2.24) is 10.3 Å². The molecule has 0 saturated heterocycles. The van der Waals surface area contributed by atoms with Crippen molar-refractivity contribution in [2.75, 3.05) is 0 Å². The number of benzene rings is 2. The minimum absolute atomic E-state index is 0.0490. The number of thiazole rings is 1. The van der Waals surface area contributed by atoms with Gasteiger partial charge in [0.05, 0.1) is 16.3 Å². The lowest BCUT2D eigenvalue weighted by molar-refractivity contribution is -0.148. The van der Waals surface area contributed by atoms with Gasteiger partial charge in [-0.15, -0.1) is 11.3 Å². The standard InChI is InChI=1S/C22H21ClN2O3S/c1-14(2)19(25-20(26)17-10-6-7-11-18(17)23)22(27)28-12-16-13-29-21(24-16)15-8-4-3-5-9-15/h3-11,13-14,19H,12H2,1-2H3,(H,25,26)/t19-/m1/s1. The summed E-state index contributed by atoms with van der Waals surface area (Å²) < 4.78 is 5.43. The molecular formula is C22H21ClN2O3S. The zero-order valence-corrected chi connectivity index (χ0v) is 17.7. The van der Waals surface area contributed by atoms with E-state index in [0.29, 0.717) is 16.3 Å². The van der Waals surface area contributed by atoms with Crippen molar-refractivity contribution in [2.24, 2.45) is 5.92 Å². The molecule has 7 heteroatoms. The highest BCUT2D eigenvalue weighted by molar-refractivity contribution is 7.13. The SMILES string of the molecule is CC(C)[C@@H](NC(=O)c1ccccc1Cl)C(=O)OCc1csc(-c2ccccc2)n1. The Labute approximate surface area is 178 Å². The van der Waals surface area contributed by atoms with E-state index in [1.807, 2.05) is 49.6 Å². The van der Waals surface area contributed by atoms with Crippen LogP contribution in [0.2, 0.25) is 5.02 Å². The molecule has 0 aliphatic carbocycles. The smallest absolute Gasteiger partial charge is 0.329 e. The topological polar surface area (TPSA) is 68.3 Å². The molecule has 2 aromatic carbocycles. The van der Waals surface area contributed by atoms with Crippen LogP contribution in [0.1, 0.15) is 29.9 Å². The van der Waals surface area contributed by atoms with E-state index >= 15 is 0 Å². The van der Waals surface area contributed by atoms with Crippen LogP contribution >= 0.6 is 22.9 Å². The summed E-state index contributed by atoms with van der Waals surface area (Å²) in [5, 5.41) is 5.78. The number of aromatic nitrogens is 1. The predicted octanol–water partition coefficient (Wildman–Crippen LogP) is 4.96. The molecule has 0 aliphatic heterocycles. The van der Waals surface area contributed by atoms with Gasteiger partial charge in [0.15, 0.2) is 0 Å². The van der Waals surface area contributed by atoms with Gasteiger partial charge in [0, 0.05) is 10.9 Å². The maximum absolute atomic E-state index is 12.6. The fraction of sp³-hybridized carbons (Fsp3) is 0.227. The van der Waals surface area contributed by atoms with Crippen LogP contribution in [0.5, 0.6) is 0 Å². The molecule has 0 saturated carbocycles. The van der Waals surface area contributed by atoms with Gasteiger partial charge in [-0.1, -0.05) is 67.9 Å². The summed E-state index contributed by atoms with van der Waals surface area (Å²) in [6, 6.07) is 15.7. The van der Waals surface area contributed by atoms with E-state index in [2.05, 4.69) is 10.3 Å². The first-order valence-corrected chi connectivity index (χ1v) is 10.4. The van der Waals surface area contributed by atoms with E-state index in [9.17, 15) is 9.59 Å². The fourth-order valence-corrected chi connectivity index (χ4v) is 3.72. The number of amides is 1. The molecule has 150 valence electrons. The van der Waals surface area contributed by atoms with Crippen LogP contribution in [0.4, 0.5) is 0 Å². The van der Waals surface area contributed by atoms with Gasteiger partial charge < -0.3 is 10.1 Å². The van der Waals surface area contributed by atoms with Crippen LogP contribution in [0.3, 0.4) is 0 Å². The Morgan fingerprint density at radius 3 is 2.48 bits per heavy atom. The fourth-order valence-electron chi connectivity index (χ4n) is 2.68. The minimum atomic E-state index is -0.786. The highest BCUT2D eigenvalue weighted by Crippen LogP contribution is 2.23. The van der Waals surface area contributed by atoms with E-state index in [1.165, 1.54) is 11.3 Å². The minimum Gasteiger partial charge on any atom is -0.458 e. The molecule has 29 heavy (non-hydrogen) atoms. The van der Waals surface area contributed by atoms with Crippen molar-refractivity contribution < 1.29 is 14.3 Å². The lowest BCUT2D eigenvalue weighted by Gasteiger charge is -2.21. The number of carbonyl (C=O) groups excluding carboxylic acids is 2. The maximum atomic E-state index is 12.6. The first kappa shape index (κ1) is 21.0. The molecule has 3 aromatic rings. The molecule has 0 fully saturated rings. The molecule has 1 N–H and O–H groups in total. The second-order valence-corrected chi connectivity index (χ2v) is 8.06. The Kier molecular flexibility index (Phi) is 7.01. The number of nitrogens with zero attached hydrogens (tertiary/aromatic N) is 1. The van der Waals surface area contributed by atoms with Crippen LogP contribution in [0.15, 0.2) is 60.0 Å². The monoisotopic (exact) mass is 428 g/mol. The molecule has 1 aromatic heterocycles. The second kappa shape index (κ2) is 9.67. The number of halogens is 1. The summed E-state index contributed by atoms with van der Waals surface area (Å²) in [4.78, 5) is 29.6. The summed E-state index contributed by atoms with van der Waals surface area (Å²) in [6.45, 7) is 3.73. The van der Waals surface area contributed by atoms with E-state index in [4.69, 9.17) is 16.3 Å². The molecule has 1 amide bonds. The largest absolute Gasteiger partial charge is 0.458 e. The molecule has 0 aliphatic rings. The molecule has 0 unspecified atom stereocenters. The highest BCUT2D eigenvalue weighted by atomic mass is 35.5. The Morgan fingerprint density at radius 2 is 1.79 bits per heavy atom. The Balaban J connectivity index is 1.62. The first-order chi connectivity index (χ1) is 14.0. The molecule has 5 nitrogen and oxygen atoms in total. The Morgan fingerprint density at radius 1 is 1.10 bits per heavy atom. The Hall–Kier alpha value is -2.70. The number of nitrogens with one attached hydrogen (secondary N) is 1. The van der Waals surface area contributed by atoms with Gasteiger partial charge in [0.2, 0.25) is 0 Å². The molecule has 0 bridgehead atoms. The quantitative estimate of drug-likeness (QED) is 0.540. The lowest BCUT2D eigenvalue weighted by Crippen LogP contribution is -2.45. The van der Waals surface area contributed by atoms with Gasteiger partial charge in [-0.3, -0.25) is 4.79 Å². The number of hydrogen-bond donors (Lipinski definition) is 1. The van der Waals surface area contributed by atoms with Crippen LogP contribution < -0.4 is 5.32 Å². The van der Waals surface area contributed by atoms with Crippen LogP contribution in [0.25, 0.3) is 10.6 Å². The van der Waals surface area contributed by atoms with Gasteiger partial charge in [0.1, 0.15) is 17.7 Å². The van der Waals surface area contributed by atoms with Crippen LogP contribution in [-0.2, 0) is 16.1 Å². The van der Waals surface area contributed by atoms with Gasteiger partial charge in [-0.05, 0) is 18.1 Å². The van der Waals surface area contributed by atoms with Gasteiger partial charge in [0.25, 0.3) is 5.91 Å². The molecule has 0 spiro atoms. The van der Waals surface area contributed by atoms with Crippen molar-refractivity contribution in [2.45, 2.75) is 26.5 Å². The van der Waals surface area contributed by atoms with Gasteiger partial charge in [-0.25, -0.2) is 9.78 Å². The Bertz CT molecular complexity index is 988. The summed E-state index contributed by atoms with van der Waals surface area (Å²) in [6.07, 6.45) is 0. The molecule has 3 rings (SSSR count). The highest BCUT2D eigenvalue weighted by Gasteiger charge is 2.27. The van der Waals surface area contributed by atoms with E-state index in [1.54, 1.807) is 24.3 Å². The average Bonchev–Trinajstić information content (AvgIpc) is 3.20. The van der Waals surface area contributed by atoms with Crippen molar-refractivity contribution in [3.8, 4) is 10.6 Å². The lowest BCUT2D eigenvalue weighted by atomic mass is 10.0. The second-order valence-electron chi connectivity index (χ2n) is 6.79. The number of ether oxygens (including phenoxy) is 1. The zero-order chi connectivity index (χ0) is 20.8. The summed E-state index contributed by atoms with van der Waals surface area (Å²) in [7, 11) is 0. The van der Waals surface area contributed by atoms with E-state index < -0.39 is 17.9 Å². The van der Waals surface area contributed by atoms with Gasteiger partial charge >= 0.3 is 5.97 Å². The van der Waals surface area contributed by atoms with Crippen LogP contribution in [-0.4, -0.2) is 22.9 Å². The third-order valence-electron chi connectivity index (χ3n) is 4.26. The van der Waals surface area contributed by atoms with E-state index in [-0.39, 0.29) is 12.5 Å². The average molecular weight is 429 g/mol. The predicted molar refractivity (Wildman–Crippen MR) is 115 cm³/mol. The summed E-state index contributed by atoms with van der Waals surface area (Å²) in [5.41, 5.74) is 2.00. The first-order valence-electron chi connectivity index (χ1n) is 9.17. The van der Waals surface area contributed by atoms with Crippen LogP contribution in [0, 0.1) is 5.92 Å². The van der Waals surface area contributed by atoms with E-state index in [0.717, 1.165) is 10.6 Å². The third-order valence-corrected chi connectivity index (χ3v) is 5.53. The van der Waals surface area contributed by atoms with Crippen molar-refractivity contribution in [3.63, 3.8) is 0 Å². The number of rotatable bonds is 7. The normalized spacial score (nSPS) is 11.9. The number of hydrogen-bond acceptors (Lipinski definition) is 5. The summed E-state index contributed by atoms with van der Waals surface area (Å²) in [5.74, 6) is -1.06.